The van der Waals surface area contributed by atoms with Gasteiger partial charge in [0.25, 0.3) is 5.91 Å². The van der Waals surface area contributed by atoms with Crippen LogP contribution in [-0.4, -0.2) is 21.2 Å². The lowest BCUT2D eigenvalue weighted by atomic mass is 10.1. The van der Waals surface area contributed by atoms with E-state index in [4.69, 9.17) is 12.2 Å². The third-order valence-corrected chi connectivity index (χ3v) is 4.36. The molecule has 0 saturated carbocycles. The smallest absolute Gasteiger partial charge is 0.266 e. The van der Waals surface area contributed by atoms with E-state index in [1.807, 2.05) is 32.1 Å². The van der Waals surface area contributed by atoms with Crippen LogP contribution in [0.25, 0.3) is 6.08 Å². The Morgan fingerprint density at radius 3 is 2.42 bits per heavy atom. The predicted octanol–water partition coefficient (Wildman–Crippen LogP) is 3.86. The van der Waals surface area contributed by atoms with E-state index in [-0.39, 0.29) is 11.9 Å². The molecule has 0 spiro atoms. The summed E-state index contributed by atoms with van der Waals surface area (Å²) < 4.78 is 0.649. The van der Waals surface area contributed by atoms with E-state index in [1.54, 1.807) is 4.90 Å². The molecule has 100 valence electrons. The predicted molar refractivity (Wildman–Crippen MR) is 86.0 cm³/mol. The fraction of sp³-hybridized carbons (Fsp3) is 0.333. The van der Waals surface area contributed by atoms with E-state index < -0.39 is 0 Å². The van der Waals surface area contributed by atoms with Crippen LogP contribution in [0.2, 0.25) is 0 Å². The number of thioether (sulfide) groups is 1. The van der Waals surface area contributed by atoms with Crippen molar-refractivity contribution in [2.24, 2.45) is 0 Å². The molecule has 0 aliphatic carbocycles. The van der Waals surface area contributed by atoms with Crippen molar-refractivity contribution in [3.8, 4) is 0 Å². The summed E-state index contributed by atoms with van der Waals surface area (Å²) in [5.41, 5.74) is 2.34. The van der Waals surface area contributed by atoms with Crippen LogP contribution in [0.1, 0.15) is 31.9 Å². The second-order valence-corrected chi connectivity index (χ2v) is 6.42. The average Bonchev–Trinajstić information content (AvgIpc) is 2.65. The standard InChI is InChI=1S/C15H17NOS2/c1-4-11-5-7-12(8-6-11)9-13-14(17)16(10(2)3)15(18)19-13/h5-10H,4H2,1-3H3/b13-9-. The van der Waals surface area contributed by atoms with E-state index >= 15 is 0 Å². The minimum Gasteiger partial charge on any atom is -0.290 e. The molecule has 0 radical (unpaired) electrons. The van der Waals surface area contributed by atoms with E-state index in [0.29, 0.717) is 9.23 Å². The minimum atomic E-state index is 0.0181. The second kappa shape index (κ2) is 5.88. The molecule has 1 aliphatic heterocycles. The van der Waals surface area contributed by atoms with Crippen LogP contribution in [0, 0.1) is 0 Å². The van der Waals surface area contributed by atoms with Crippen molar-refractivity contribution in [3.05, 3.63) is 40.3 Å². The van der Waals surface area contributed by atoms with E-state index in [1.165, 1.54) is 17.3 Å². The summed E-state index contributed by atoms with van der Waals surface area (Å²) in [6.07, 6.45) is 2.94. The third-order valence-electron chi connectivity index (χ3n) is 3.03. The van der Waals surface area contributed by atoms with Gasteiger partial charge in [-0.1, -0.05) is 55.2 Å². The zero-order valence-corrected chi connectivity index (χ0v) is 13.0. The summed E-state index contributed by atoms with van der Waals surface area (Å²) in [7, 11) is 0. The topological polar surface area (TPSA) is 20.3 Å². The van der Waals surface area contributed by atoms with Gasteiger partial charge in [0.15, 0.2) is 0 Å². The maximum Gasteiger partial charge on any atom is 0.266 e. The molecule has 1 amide bonds. The molecule has 1 aliphatic rings. The van der Waals surface area contributed by atoms with Crippen molar-refractivity contribution in [2.45, 2.75) is 33.2 Å². The summed E-state index contributed by atoms with van der Waals surface area (Å²) in [4.78, 5) is 14.6. The van der Waals surface area contributed by atoms with Crippen molar-refractivity contribution in [1.82, 2.24) is 4.90 Å². The van der Waals surface area contributed by atoms with Crippen LogP contribution >= 0.6 is 24.0 Å². The van der Waals surface area contributed by atoms with Gasteiger partial charge >= 0.3 is 0 Å². The molecule has 0 bridgehead atoms. The highest BCUT2D eigenvalue weighted by molar-refractivity contribution is 8.26. The van der Waals surface area contributed by atoms with Crippen molar-refractivity contribution in [3.63, 3.8) is 0 Å². The van der Waals surface area contributed by atoms with Crippen LogP contribution in [0.15, 0.2) is 29.2 Å². The number of aryl methyl sites for hydroxylation is 1. The first-order chi connectivity index (χ1) is 9.02. The Morgan fingerprint density at radius 2 is 1.95 bits per heavy atom. The van der Waals surface area contributed by atoms with Crippen molar-refractivity contribution < 1.29 is 4.79 Å². The Balaban J connectivity index is 2.24. The second-order valence-electron chi connectivity index (χ2n) is 4.74. The lowest BCUT2D eigenvalue weighted by molar-refractivity contribution is -0.123. The Labute approximate surface area is 123 Å². The molecule has 2 rings (SSSR count). The molecule has 1 aromatic carbocycles. The molecule has 4 heteroatoms. The summed E-state index contributed by atoms with van der Waals surface area (Å²) >= 11 is 6.64. The van der Waals surface area contributed by atoms with Gasteiger partial charge < -0.3 is 0 Å². The molecule has 0 unspecified atom stereocenters. The summed E-state index contributed by atoms with van der Waals surface area (Å²) in [5, 5.41) is 0. The zero-order chi connectivity index (χ0) is 14.0. The lowest BCUT2D eigenvalue weighted by Gasteiger charge is -2.18. The molecule has 2 nitrogen and oxygen atoms in total. The van der Waals surface area contributed by atoms with Crippen LogP contribution < -0.4 is 0 Å². The molecule has 0 atom stereocenters. The highest BCUT2D eigenvalue weighted by atomic mass is 32.2. The fourth-order valence-corrected chi connectivity index (χ4v) is 3.45. The lowest BCUT2D eigenvalue weighted by Crippen LogP contribution is -2.34. The molecule has 0 N–H and O–H groups in total. The number of carbonyl (C=O) groups is 1. The Bertz CT molecular complexity index is 532. The minimum absolute atomic E-state index is 0.0181. The number of rotatable bonds is 3. The van der Waals surface area contributed by atoms with Gasteiger partial charge in [0.05, 0.1) is 4.91 Å². The van der Waals surface area contributed by atoms with Crippen molar-refractivity contribution in [1.29, 1.82) is 0 Å². The SMILES string of the molecule is CCc1ccc(/C=C2\SC(=S)N(C(C)C)C2=O)cc1. The Kier molecular flexibility index (Phi) is 4.42. The molecule has 1 saturated heterocycles. The van der Waals surface area contributed by atoms with E-state index in [0.717, 1.165) is 12.0 Å². The number of nitrogens with zero attached hydrogens (tertiary/aromatic N) is 1. The Morgan fingerprint density at radius 1 is 1.32 bits per heavy atom. The molecule has 1 aromatic rings. The molecular formula is C15H17NOS2. The first kappa shape index (κ1) is 14.3. The molecule has 1 fully saturated rings. The van der Waals surface area contributed by atoms with Gasteiger partial charge in [0.2, 0.25) is 0 Å². The monoisotopic (exact) mass is 291 g/mol. The van der Waals surface area contributed by atoms with Gasteiger partial charge in [-0.05, 0) is 37.5 Å². The molecule has 1 heterocycles. The molecule has 0 aromatic heterocycles. The van der Waals surface area contributed by atoms with Crippen LogP contribution in [-0.2, 0) is 11.2 Å². The normalized spacial score (nSPS) is 17.9. The maximum absolute atomic E-state index is 12.2. The largest absolute Gasteiger partial charge is 0.290 e. The van der Waals surface area contributed by atoms with Gasteiger partial charge in [-0.15, -0.1) is 0 Å². The van der Waals surface area contributed by atoms with Crippen LogP contribution in [0.5, 0.6) is 0 Å². The van der Waals surface area contributed by atoms with Gasteiger partial charge in [-0.2, -0.15) is 0 Å². The van der Waals surface area contributed by atoms with Crippen LogP contribution in [0.3, 0.4) is 0 Å². The number of hydrogen-bond acceptors (Lipinski definition) is 3. The van der Waals surface area contributed by atoms with Crippen LogP contribution in [0.4, 0.5) is 0 Å². The van der Waals surface area contributed by atoms with Crippen molar-refractivity contribution in [2.75, 3.05) is 0 Å². The van der Waals surface area contributed by atoms with E-state index in [2.05, 4.69) is 19.1 Å². The number of thiocarbonyl (C=S) groups is 1. The van der Waals surface area contributed by atoms with Gasteiger partial charge in [-0.3, -0.25) is 9.69 Å². The summed E-state index contributed by atoms with van der Waals surface area (Å²) in [6, 6.07) is 8.38. The van der Waals surface area contributed by atoms with Gasteiger partial charge in [0.1, 0.15) is 4.32 Å². The number of carbonyl (C=O) groups excluding carboxylic acids is 1. The number of amides is 1. The number of benzene rings is 1. The molecule has 19 heavy (non-hydrogen) atoms. The first-order valence-corrected chi connectivity index (χ1v) is 7.61. The van der Waals surface area contributed by atoms with Gasteiger partial charge in [0, 0.05) is 6.04 Å². The average molecular weight is 291 g/mol. The zero-order valence-electron chi connectivity index (χ0n) is 11.3. The first-order valence-electron chi connectivity index (χ1n) is 6.39. The highest BCUT2D eigenvalue weighted by Crippen LogP contribution is 2.33. The summed E-state index contributed by atoms with van der Waals surface area (Å²) in [6.45, 7) is 6.08. The maximum atomic E-state index is 12.2. The third kappa shape index (κ3) is 3.07. The molecular weight excluding hydrogens is 274 g/mol. The fourth-order valence-electron chi connectivity index (χ4n) is 1.93. The summed E-state index contributed by atoms with van der Waals surface area (Å²) in [5.74, 6) is 0.0181. The Hall–Kier alpha value is -1.13. The highest BCUT2D eigenvalue weighted by Gasteiger charge is 2.33. The van der Waals surface area contributed by atoms with Crippen molar-refractivity contribution >= 4 is 40.3 Å². The number of hydrogen-bond donors (Lipinski definition) is 0. The van der Waals surface area contributed by atoms with E-state index in [9.17, 15) is 4.79 Å². The van der Waals surface area contributed by atoms with Gasteiger partial charge in [-0.25, -0.2) is 0 Å². The quantitative estimate of drug-likeness (QED) is 0.623.